The average molecular weight is 221 g/mol. The van der Waals surface area contributed by atoms with Crippen molar-refractivity contribution >= 4 is 5.97 Å². The Kier molecular flexibility index (Phi) is 3.06. The number of aromatic nitrogens is 1. The van der Waals surface area contributed by atoms with Crippen LogP contribution in [0.2, 0.25) is 0 Å². The van der Waals surface area contributed by atoms with Gasteiger partial charge in [-0.05, 0) is 25.5 Å². The van der Waals surface area contributed by atoms with E-state index in [4.69, 9.17) is 0 Å². The lowest BCUT2D eigenvalue weighted by atomic mass is 10.2. The molecular formula is C9H10F3NO2. The molecule has 0 aromatic carbocycles. The van der Waals surface area contributed by atoms with E-state index in [9.17, 15) is 18.0 Å². The normalized spacial score (nSPS) is 11.5. The van der Waals surface area contributed by atoms with Crippen LogP contribution in [0.5, 0.6) is 0 Å². The molecule has 0 fully saturated rings. The summed E-state index contributed by atoms with van der Waals surface area (Å²) < 4.78 is 41.6. The maximum absolute atomic E-state index is 12.3. The van der Waals surface area contributed by atoms with Crippen molar-refractivity contribution in [1.82, 2.24) is 4.98 Å². The van der Waals surface area contributed by atoms with Gasteiger partial charge >= 0.3 is 12.1 Å². The lowest BCUT2D eigenvalue weighted by Crippen LogP contribution is -2.09. The smallest absolute Gasteiger partial charge is 0.431 e. The van der Waals surface area contributed by atoms with Gasteiger partial charge in [-0.25, -0.2) is 4.79 Å². The topological polar surface area (TPSA) is 42.1 Å². The second-order valence-electron chi connectivity index (χ2n) is 2.96. The highest BCUT2D eigenvalue weighted by atomic mass is 19.4. The zero-order valence-corrected chi connectivity index (χ0v) is 8.23. The third kappa shape index (κ3) is 2.51. The minimum Gasteiger partial charge on any atom is -0.461 e. The Labute approximate surface area is 84.2 Å². The second-order valence-corrected chi connectivity index (χ2v) is 2.96. The molecule has 1 aromatic rings. The number of hydrogen-bond acceptors (Lipinski definition) is 2. The van der Waals surface area contributed by atoms with E-state index in [0.717, 1.165) is 6.07 Å². The number of aryl methyl sites for hydroxylation is 1. The van der Waals surface area contributed by atoms with Gasteiger partial charge in [0, 0.05) is 0 Å². The summed E-state index contributed by atoms with van der Waals surface area (Å²) in [5, 5.41) is 0. The van der Waals surface area contributed by atoms with E-state index in [0.29, 0.717) is 0 Å². The molecule has 1 aromatic heterocycles. The number of nitrogens with one attached hydrogen (secondary N) is 1. The van der Waals surface area contributed by atoms with Crippen LogP contribution < -0.4 is 0 Å². The van der Waals surface area contributed by atoms with Crippen LogP contribution in [0, 0.1) is 6.92 Å². The molecule has 15 heavy (non-hydrogen) atoms. The van der Waals surface area contributed by atoms with Crippen LogP contribution in [0.1, 0.15) is 28.7 Å². The van der Waals surface area contributed by atoms with Crippen molar-refractivity contribution in [2.45, 2.75) is 20.0 Å². The molecule has 0 bridgehead atoms. The first-order valence-corrected chi connectivity index (χ1v) is 4.30. The molecule has 0 aliphatic rings. The molecule has 0 saturated carbocycles. The second kappa shape index (κ2) is 3.96. The Bertz CT molecular complexity index is 368. The van der Waals surface area contributed by atoms with Gasteiger partial charge in [-0.2, -0.15) is 13.2 Å². The van der Waals surface area contributed by atoms with Gasteiger partial charge in [-0.15, -0.1) is 0 Å². The van der Waals surface area contributed by atoms with E-state index < -0.39 is 17.8 Å². The number of halogens is 3. The average Bonchev–Trinajstić information content (AvgIpc) is 2.47. The van der Waals surface area contributed by atoms with Crippen molar-refractivity contribution in [3.8, 4) is 0 Å². The van der Waals surface area contributed by atoms with E-state index in [1.165, 1.54) is 6.92 Å². The first-order chi connectivity index (χ1) is 6.86. The SMILES string of the molecule is CCOC(=O)c1cc(C)c(C(F)(F)F)[nH]1. The number of esters is 1. The number of carbonyl (C=O) groups excluding carboxylic acids is 1. The van der Waals surface area contributed by atoms with Gasteiger partial charge in [0.15, 0.2) is 0 Å². The monoisotopic (exact) mass is 221 g/mol. The number of hydrogen-bond donors (Lipinski definition) is 1. The van der Waals surface area contributed by atoms with Crippen LogP contribution in [0.4, 0.5) is 13.2 Å². The fourth-order valence-electron chi connectivity index (χ4n) is 1.17. The molecule has 0 atom stereocenters. The van der Waals surface area contributed by atoms with Crippen LogP contribution in [0.15, 0.2) is 6.07 Å². The zero-order chi connectivity index (χ0) is 11.6. The van der Waals surface area contributed by atoms with Gasteiger partial charge in [0.05, 0.1) is 6.61 Å². The van der Waals surface area contributed by atoms with Gasteiger partial charge in [-0.1, -0.05) is 0 Å². The summed E-state index contributed by atoms with van der Waals surface area (Å²) in [6, 6.07) is 1.13. The molecule has 0 saturated heterocycles. The van der Waals surface area contributed by atoms with Crippen molar-refractivity contribution in [2.24, 2.45) is 0 Å². The number of H-pyrrole nitrogens is 1. The lowest BCUT2D eigenvalue weighted by molar-refractivity contribution is -0.141. The Hall–Kier alpha value is -1.46. The van der Waals surface area contributed by atoms with Crippen LogP contribution in [0.25, 0.3) is 0 Å². The van der Waals surface area contributed by atoms with Crippen LogP contribution >= 0.6 is 0 Å². The fraction of sp³-hybridized carbons (Fsp3) is 0.444. The molecule has 0 aliphatic heterocycles. The minimum absolute atomic E-state index is 0.0226. The Morgan fingerprint density at radius 1 is 1.53 bits per heavy atom. The van der Waals surface area contributed by atoms with Crippen molar-refractivity contribution < 1.29 is 22.7 Å². The number of ether oxygens (including phenoxy) is 1. The number of rotatable bonds is 2. The standard InChI is InChI=1S/C9H10F3NO2/c1-3-15-8(14)6-4-5(2)7(13-6)9(10,11)12/h4,13H,3H2,1-2H3. The predicted octanol–water partition coefficient (Wildman–Crippen LogP) is 2.52. The molecule has 6 heteroatoms. The third-order valence-corrected chi connectivity index (χ3v) is 1.79. The summed E-state index contributed by atoms with van der Waals surface area (Å²) >= 11 is 0. The molecule has 1 rings (SSSR count). The maximum atomic E-state index is 12.3. The fourth-order valence-corrected chi connectivity index (χ4v) is 1.17. The Morgan fingerprint density at radius 3 is 2.53 bits per heavy atom. The quantitative estimate of drug-likeness (QED) is 0.779. The highest BCUT2D eigenvalue weighted by molar-refractivity contribution is 5.87. The molecule has 84 valence electrons. The molecule has 0 aliphatic carbocycles. The Balaban J connectivity index is 3.01. The third-order valence-electron chi connectivity index (χ3n) is 1.79. The summed E-state index contributed by atoms with van der Waals surface area (Å²) in [6.45, 7) is 2.98. The van der Waals surface area contributed by atoms with Crippen LogP contribution in [-0.2, 0) is 10.9 Å². The van der Waals surface area contributed by atoms with Gasteiger partial charge in [0.25, 0.3) is 0 Å². The first kappa shape index (κ1) is 11.6. The van der Waals surface area contributed by atoms with Gasteiger partial charge < -0.3 is 9.72 Å². The van der Waals surface area contributed by atoms with Gasteiger partial charge in [-0.3, -0.25) is 0 Å². The van der Waals surface area contributed by atoms with Gasteiger partial charge in [0.2, 0.25) is 0 Å². The molecule has 1 heterocycles. The Morgan fingerprint density at radius 2 is 2.13 bits per heavy atom. The molecular weight excluding hydrogens is 211 g/mol. The van der Waals surface area contributed by atoms with E-state index in [1.807, 2.05) is 4.98 Å². The van der Waals surface area contributed by atoms with E-state index in [-0.39, 0.29) is 17.9 Å². The highest BCUT2D eigenvalue weighted by Gasteiger charge is 2.35. The molecule has 0 amide bonds. The molecule has 1 N–H and O–H groups in total. The van der Waals surface area contributed by atoms with E-state index in [1.54, 1.807) is 6.92 Å². The van der Waals surface area contributed by atoms with Gasteiger partial charge in [0.1, 0.15) is 11.4 Å². The molecule has 3 nitrogen and oxygen atoms in total. The largest absolute Gasteiger partial charge is 0.461 e. The van der Waals surface area contributed by atoms with Crippen LogP contribution in [0.3, 0.4) is 0 Å². The summed E-state index contributed by atoms with van der Waals surface area (Å²) in [6.07, 6.45) is -4.48. The van der Waals surface area contributed by atoms with E-state index in [2.05, 4.69) is 4.74 Å². The molecule has 0 unspecified atom stereocenters. The van der Waals surface area contributed by atoms with Crippen LogP contribution in [-0.4, -0.2) is 17.6 Å². The number of alkyl halides is 3. The predicted molar refractivity (Wildman–Crippen MR) is 46.5 cm³/mol. The van der Waals surface area contributed by atoms with Crippen molar-refractivity contribution in [1.29, 1.82) is 0 Å². The first-order valence-electron chi connectivity index (χ1n) is 4.30. The summed E-state index contributed by atoms with van der Waals surface area (Å²) in [7, 11) is 0. The van der Waals surface area contributed by atoms with Crippen molar-refractivity contribution in [3.63, 3.8) is 0 Å². The summed E-state index contributed by atoms with van der Waals surface area (Å²) in [5.41, 5.74) is -1.11. The van der Waals surface area contributed by atoms with E-state index >= 15 is 0 Å². The molecule has 0 spiro atoms. The lowest BCUT2D eigenvalue weighted by Gasteiger charge is -2.04. The van der Waals surface area contributed by atoms with Crippen molar-refractivity contribution in [2.75, 3.05) is 6.61 Å². The number of aromatic amines is 1. The maximum Gasteiger partial charge on any atom is 0.431 e. The zero-order valence-electron chi connectivity index (χ0n) is 8.23. The summed E-state index contributed by atoms with van der Waals surface area (Å²) in [5.74, 6) is -0.781. The summed E-state index contributed by atoms with van der Waals surface area (Å²) in [4.78, 5) is 13.1. The highest BCUT2D eigenvalue weighted by Crippen LogP contribution is 2.31. The number of carbonyl (C=O) groups is 1. The minimum atomic E-state index is -4.48. The van der Waals surface area contributed by atoms with Crippen molar-refractivity contribution in [3.05, 3.63) is 23.0 Å². The molecule has 0 radical (unpaired) electrons.